The van der Waals surface area contributed by atoms with Crippen LogP contribution in [0.3, 0.4) is 0 Å². The quantitative estimate of drug-likeness (QED) is 0.432. The summed E-state index contributed by atoms with van der Waals surface area (Å²) in [5.41, 5.74) is 2.45. The molecule has 10 heteroatoms. The Morgan fingerprint density at radius 1 is 1.11 bits per heavy atom. The van der Waals surface area contributed by atoms with E-state index in [0.29, 0.717) is 23.2 Å². The van der Waals surface area contributed by atoms with Crippen LogP contribution in [0.1, 0.15) is 56.1 Å². The highest BCUT2D eigenvalue weighted by molar-refractivity contribution is 8.13. The number of nitro groups is 1. The highest BCUT2D eigenvalue weighted by Gasteiger charge is 2.41. The summed E-state index contributed by atoms with van der Waals surface area (Å²) < 4.78 is 0. The lowest BCUT2D eigenvalue weighted by Gasteiger charge is -2.25. The van der Waals surface area contributed by atoms with Crippen LogP contribution in [0.15, 0.2) is 58.5 Å². The highest BCUT2D eigenvalue weighted by atomic mass is 32.2. The van der Waals surface area contributed by atoms with E-state index >= 15 is 0 Å². The van der Waals surface area contributed by atoms with Crippen molar-refractivity contribution in [1.29, 1.82) is 0 Å². The number of hydrogen-bond acceptors (Lipinski definition) is 7. The summed E-state index contributed by atoms with van der Waals surface area (Å²) in [5, 5.41) is 14.6. The monoisotopic (exact) mass is 505 g/mol. The van der Waals surface area contributed by atoms with E-state index in [1.165, 1.54) is 30.3 Å². The van der Waals surface area contributed by atoms with E-state index in [4.69, 9.17) is 9.98 Å². The van der Waals surface area contributed by atoms with E-state index in [-0.39, 0.29) is 30.0 Å². The maximum atomic E-state index is 13.4. The number of fused-ring (bicyclic) bond motifs is 3. The van der Waals surface area contributed by atoms with E-state index in [1.54, 1.807) is 17.0 Å². The van der Waals surface area contributed by atoms with Crippen molar-refractivity contribution in [2.75, 3.05) is 0 Å². The number of amides is 2. The van der Waals surface area contributed by atoms with Crippen molar-refractivity contribution >= 4 is 46.0 Å². The molecule has 2 aliphatic heterocycles. The lowest BCUT2D eigenvalue weighted by molar-refractivity contribution is -0.384. The number of nitrogens with zero attached hydrogens (tertiary/aromatic N) is 4. The third-order valence-electron chi connectivity index (χ3n) is 6.68. The lowest BCUT2D eigenvalue weighted by Crippen LogP contribution is -2.41. The maximum absolute atomic E-state index is 13.4. The minimum Gasteiger partial charge on any atom is -0.353 e. The molecule has 1 atom stereocenters. The summed E-state index contributed by atoms with van der Waals surface area (Å²) in [6, 6.07) is 13.5. The van der Waals surface area contributed by atoms with Gasteiger partial charge in [-0.05, 0) is 37.0 Å². The Hall–Kier alpha value is -3.53. The first-order valence-electron chi connectivity index (χ1n) is 12.2. The summed E-state index contributed by atoms with van der Waals surface area (Å²) in [6.07, 6.45) is 6.16. The van der Waals surface area contributed by atoms with Gasteiger partial charge in [0.05, 0.1) is 10.6 Å². The Balaban J connectivity index is 1.28. The van der Waals surface area contributed by atoms with Gasteiger partial charge < -0.3 is 5.32 Å². The predicted octanol–water partition coefficient (Wildman–Crippen LogP) is 4.72. The minimum atomic E-state index is -0.631. The number of rotatable bonds is 7. The predicted molar refractivity (Wildman–Crippen MR) is 139 cm³/mol. The van der Waals surface area contributed by atoms with Crippen LogP contribution >= 0.6 is 11.8 Å². The second-order valence-corrected chi connectivity index (χ2v) is 10.1. The Kier molecular flexibility index (Phi) is 7.13. The topological polar surface area (TPSA) is 117 Å². The Labute approximate surface area is 213 Å². The number of non-ortho nitro benzene ring substituents is 1. The number of benzene rings is 2. The van der Waals surface area contributed by atoms with E-state index < -0.39 is 11.0 Å². The summed E-state index contributed by atoms with van der Waals surface area (Å²) >= 11 is 1.38. The molecule has 0 saturated heterocycles. The fourth-order valence-corrected chi connectivity index (χ4v) is 5.72. The summed E-state index contributed by atoms with van der Waals surface area (Å²) in [4.78, 5) is 47.4. The normalized spacial score (nSPS) is 19.3. The molecule has 0 bridgehead atoms. The van der Waals surface area contributed by atoms with Crippen LogP contribution in [0, 0.1) is 10.1 Å². The second kappa shape index (κ2) is 10.6. The second-order valence-electron chi connectivity index (χ2n) is 9.21. The molecule has 0 unspecified atom stereocenters. The zero-order valence-electron chi connectivity index (χ0n) is 19.8. The number of hydrogen-bond donors (Lipinski definition) is 1. The molecule has 1 saturated carbocycles. The fraction of sp³-hybridized carbons (Fsp3) is 0.385. The third-order valence-corrected chi connectivity index (χ3v) is 7.69. The molecule has 0 spiro atoms. The van der Waals surface area contributed by atoms with Crippen LogP contribution in [0.2, 0.25) is 0 Å². The summed E-state index contributed by atoms with van der Waals surface area (Å²) in [6.45, 7) is 0. The lowest BCUT2D eigenvalue weighted by atomic mass is 9.95. The molecule has 186 valence electrons. The van der Waals surface area contributed by atoms with Crippen LogP contribution in [0.5, 0.6) is 0 Å². The zero-order chi connectivity index (χ0) is 25.1. The molecule has 0 radical (unpaired) electrons. The van der Waals surface area contributed by atoms with Gasteiger partial charge in [0.2, 0.25) is 5.91 Å². The molecular weight excluding hydrogens is 478 g/mol. The number of carbonyl (C=O) groups is 2. The summed E-state index contributed by atoms with van der Waals surface area (Å²) in [7, 11) is 0. The maximum Gasteiger partial charge on any atom is 0.269 e. The van der Waals surface area contributed by atoms with Gasteiger partial charge in [-0.2, -0.15) is 0 Å². The molecule has 5 rings (SSSR count). The van der Waals surface area contributed by atoms with Crippen LogP contribution in [-0.2, 0) is 15.3 Å². The van der Waals surface area contributed by atoms with Crippen LogP contribution in [0.4, 0.5) is 11.4 Å². The molecule has 1 N–H and O–H groups in total. The van der Waals surface area contributed by atoms with Gasteiger partial charge in [0.25, 0.3) is 11.6 Å². The average Bonchev–Trinajstić information content (AvgIpc) is 3.23. The van der Waals surface area contributed by atoms with Crippen LogP contribution in [-0.4, -0.2) is 44.7 Å². The largest absolute Gasteiger partial charge is 0.353 e. The molecular formula is C26H27N5O4S. The molecule has 36 heavy (non-hydrogen) atoms. The van der Waals surface area contributed by atoms with Gasteiger partial charge in [-0.25, -0.2) is 9.89 Å². The number of thioether (sulfide) groups is 1. The van der Waals surface area contributed by atoms with Gasteiger partial charge in [0, 0.05) is 35.9 Å². The van der Waals surface area contributed by atoms with E-state index in [9.17, 15) is 19.7 Å². The molecule has 3 aliphatic rings. The molecule has 2 aromatic carbocycles. The number of amidine groups is 2. The van der Waals surface area contributed by atoms with E-state index in [0.717, 1.165) is 42.5 Å². The van der Waals surface area contributed by atoms with Gasteiger partial charge in [-0.1, -0.05) is 55.3 Å². The molecule has 1 aliphatic carbocycles. The first-order valence-corrected chi connectivity index (χ1v) is 13.2. The number of carbonyl (C=O) groups excluding carboxylic acids is 2. The SMILES string of the molecule is O=C(CC[C@H]1N=C2c3ccccc3N=C(SCc3ccc([N+](=O)[O-])cc3)N2C1=O)NC1CCCCC1. The number of nitro benzene ring substituents is 1. The van der Waals surface area contributed by atoms with Crippen molar-refractivity contribution < 1.29 is 14.5 Å². The van der Waals surface area contributed by atoms with Crippen molar-refractivity contribution in [3.8, 4) is 0 Å². The van der Waals surface area contributed by atoms with Gasteiger partial charge in [0.1, 0.15) is 11.9 Å². The average molecular weight is 506 g/mol. The van der Waals surface area contributed by atoms with Crippen LogP contribution in [0.25, 0.3) is 0 Å². The molecule has 2 aromatic rings. The number of para-hydroxylation sites is 1. The molecule has 0 aromatic heterocycles. The van der Waals surface area contributed by atoms with Crippen molar-refractivity contribution in [2.24, 2.45) is 9.98 Å². The Morgan fingerprint density at radius 2 is 1.86 bits per heavy atom. The zero-order valence-corrected chi connectivity index (χ0v) is 20.6. The van der Waals surface area contributed by atoms with Gasteiger partial charge in [0.15, 0.2) is 5.17 Å². The van der Waals surface area contributed by atoms with Crippen molar-refractivity contribution in [3.05, 3.63) is 69.8 Å². The number of aliphatic imine (C=N–C) groups is 2. The van der Waals surface area contributed by atoms with E-state index in [1.807, 2.05) is 24.3 Å². The molecule has 1 fully saturated rings. The van der Waals surface area contributed by atoms with Crippen molar-refractivity contribution in [2.45, 2.75) is 62.8 Å². The fourth-order valence-electron chi connectivity index (χ4n) is 4.76. The molecule has 9 nitrogen and oxygen atoms in total. The first-order chi connectivity index (χ1) is 17.5. The van der Waals surface area contributed by atoms with Crippen molar-refractivity contribution in [1.82, 2.24) is 10.2 Å². The van der Waals surface area contributed by atoms with E-state index in [2.05, 4.69) is 5.32 Å². The first kappa shape index (κ1) is 24.2. The number of nitrogens with one attached hydrogen (secondary N) is 1. The van der Waals surface area contributed by atoms with Gasteiger partial charge >= 0.3 is 0 Å². The molecule has 2 heterocycles. The standard InChI is InChI=1S/C26H27N5O4S/c32-23(27-18-6-2-1-3-7-18)15-14-22-25(33)30-24(28-22)20-8-4-5-9-21(20)29-26(30)36-16-17-10-12-19(13-11-17)31(34)35/h4-5,8-13,18,22H,1-3,6-7,14-16H2,(H,27,32)/t22-/m1/s1. The van der Waals surface area contributed by atoms with Gasteiger partial charge in [-0.3, -0.25) is 24.7 Å². The Bertz CT molecular complexity index is 1240. The smallest absolute Gasteiger partial charge is 0.269 e. The third kappa shape index (κ3) is 5.18. The van der Waals surface area contributed by atoms with Crippen molar-refractivity contribution in [3.63, 3.8) is 0 Å². The highest BCUT2D eigenvalue weighted by Crippen LogP contribution is 2.35. The molecule has 2 amide bonds. The van der Waals surface area contributed by atoms with Crippen LogP contribution < -0.4 is 5.32 Å². The summed E-state index contributed by atoms with van der Waals surface area (Å²) in [5.74, 6) is 0.848. The Morgan fingerprint density at radius 3 is 2.61 bits per heavy atom. The van der Waals surface area contributed by atoms with Gasteiger partial charge in [-0.15, -0.1) is 0 Å². The minimum absolute atomic E-state index is 0.0263.